The molecule has 3 heteroatoms. The third kappa shape index (κ3) is 4.09. The Kier molecular flexibility index (Phi) is 5.41. The van der Waals surface area contributed by atoms with Gasteiger partial charge in [0.2, 0.25) is 0 Å². The molecule has 0 radical (unpaired) electrons. The van der Waals surface area contributed by atoms with Crippen molar-refractivity contribution in [1.29, 1.82) is 0 Å². The van der Waals surface area contributed by atoms with Crippen molar-refractivity contribution in [2.45, 2.75) is 38.6 Å². The highest BCUT2D eigenvalue weighted by molar-refractivity contribution is 5.94. The lowest BCUT2D eigenvalue weighted by molar-refractivity contribution is 0.0672. The molecule has 0 bridgehead atoms. The average molecular weight is 284 g/mol. The van der Waals surface area contributed by atoms with Crippen LogP contribution in [-0.4, -0.2) is 30.4 Å². The Labute approximate surface area is 127 Å². The molecule has 2 N–H and O–H groups in total. The van der Waals surface area contributed by atoms with Crippen LogP contribution >= 0.6 is 0 Å². The van der Waals surface area contributed by atoms with E-state index in [1.807, 2.05) is 36.2 Å². The van der Waals surface area contributed by atoms with Crippen LogP contribution in [0.4, 0.5) is 0 Å². The summed E-state index contributed by atoms with van der Waals surface area (Å²) < 4.78 is 0. The highest BCUT2D eigenvalue weighted by atomic mass is 16.2. The first kappa shape index (κ1) is 15.6. The summed E-state index contributed by atoms with van der Waals surface area (Å²) in [5.74, 6) is 6.60. The largest absolute Gasteiger partial charge is 0.339 e. The van der Waals surface area contributed by atoms with Gasteiger partial charge in [0, 0.05) is 24.2 Å². The molecule has 112 valence electrons. The van der Waals surface area contributed by atoms with E-state index in [4.69, 9.17) is 5.73 Å². The molecule has 1 fully saturated rings. The summed E-state index contributed by atoms with van der Waals surface area (Å²) in [5, 5.41) is 0. The molecule has 0 aliphatic heterocycles. The van der Waals surface area contributed by atoms with Crippen molar-refractivity contribution in [2.24, 2.45) is 11.7 Å². The fourth-order valence-electron chi connectivity index (χ4n) is 3.01. The van der Waals surface area contributed by atoms with Crippen LogP contribution < -0.4 is 5.73 Å². The third-order valence-electron chi connectivity index (χ3n) is 4.22. The van der Waals surface area contributed by atoms with Crippen molar-refractivity contribution in [3.05, 3.63) is 35.4 Å². The monoisotopic (exact) mass is 284 g/mol. The maximum absolute atomic E-state index is 12.6. The molecule has 2 unspecified atom stereocenters. The smallest absolute Gasteiger partial charge is 0.253 e. The summed E-state index contributed by atoms with van der Waals surface area (Å²) in [4.78, 5) is 14.5. The minimum Gasteiger partial charge on any atom is -0.339 e. The molecule has 1 aromatic rings. The molecule has 3 nitrogen and oxygen atoms in total. The predicted molar refractivity (Wildman–Crippen MR) is 85.9 cm³/mol. The maximum atomic E-state index is 12.6. The molecule has 1 aliphatic carbocycles. The topological polar surface area (TPSA) is 46.3 Å². The van der Waals surface area contributed by atoms with E-state index in [1.165, 1.54) is 12.8 Å². The fourth-order valence-corrected chi connectivity index (χ4v) is 3.01. The molecule has 0 aromatic heterocycles. The van der Waals surface area contributed by atoms with Crippen LogP contribution in [0, 0.1) is 17.8 Å². The summed E-state index contributed by atoms with van der Waals surface area (Å²) in [5.41, 5.74) is 6.94. The molecule has 21 heavy (non-hydrogen) atoms. The van der Waals surface area contributed by atoms with E-state index in [-0.39, 0.29) is 5.91 Å². The van der Waals surface area contributed by atoms with Gasteiger partial charge < -0.3 is 10.6 Å². The SMILES string of the molecule is CC1CCCC(N(C)C(=O)c2cccc(C#CCN)c2)C1. The van der Waals surface area contributed by atoms with E-state index in [9.17, 15) is 4.79 Å². The highest BCUT2D eigenvalue weighted by Crippen LogP contribution is 2.27. The first-order valence-electron chi connectivity index (χ1n) is 7.68. The van der Waals surface area contributed by atoms with E-state index < -0.39 is 0 Å². The second kappa shape index (κ2) is 7.28. The lowest BCUT2D eigenvalue weighted by Crippen LogP contribution is -2.39. The van der Waals surface area contributed by atoms with Gasteiger partial charge in [0.1, 0.15) is 0 Å². The number of benzene rings is 1. The highest BCUT2D eigenvalue weighted by Gasteiger charge is 2.25. The van der Waals surface area contributed by atoms with Crippen LogP contribution in [-0.2, 0) is 0 Å². The molecule has 0 spiro atoms. The van der Waals surface area contributed by atoms with Crippen LogP contribution in [0.2, 0.25) is 0 Å². The first-order chi connectivity index (χ1) is 10.1. The van der Waals surface area contributed by atoms with Crippen LogP contribution in [0.25, 0.3) is 0 Å². The molecule has 2 atom stereocenters. The van der Waals surface area contributed by atoms with Crippen LogP contribution in [0.1, 0.15) is 48.5 Å². The summed E-state index contributed by atoms with van der Waals surface area (Å²) in [6, 6.07) is 7.86. The number of hydrogen-bond acceptors (Lipinski definition) is 2. The van der Waals surface area contributed by atoms with Crippen molar-refractivity contribution < 1.29 is 4.79 Å². The van der Waals surface area contributed by atoms with Gasteiger partial charge in [0.25, 0.3) is 5.91 Å². The van der Waals surface area contributed by atoms with Gasteiger partial charge in [-0.3, -0.25) is 4.79 Å². The van der Waals surface area contributed by atoms with Gasteiger partial charge in [-0.2, -0.15) is 0 Å². The van der Waals surface area contributed by atoms with Gasteiger partial charge in [-0.25, -0.2) is 0 Å². The molecule has 0 heterocycles. The van der Waals surface area contributed by atoms with Gasteiger partial charge in [-0.1, -0.05) is 37.7 Å². The van der Waals surface area contributed by atoms with E-state index >= 15 is 0 Å². The normalized spacial score (nSPS) is 21.3. The van der Waals surface area contributed by atoms with Crippen LogP contribution in [0.3, 0.4) is 0 Å². The number of nitrogens with two attached hydrogens (primary N) is 1. The van der Waals surface area contributed by atoms with E-state index in [1.54, 1.807) is 0 Å². The van der Waals surface area contributed by atoms with E-state index in [0.29, 0.717) is 24.1 Å². The number of rotatable bonds is 2. The fraction of sp³-hybridized carbons (Fsp3) is 0.500. The number of hydrogen-bond donors (Lipinski definition) is 1. The molecule has 1 saturated carbocycles. The molecule has 1 aliphatic rings. The second-order valence-electron chi connectivity index (χ2n) is 5.93. The Morgan fingerprint density at radius 1 is 1.43 bits per heavy atom. The van der Waals surface area contributed by atoms with E-state index in [2.05, 4.69) is 18.8 Å². The molecule has 2 rings (SSSR count). The minimum atomic E-state index is 0.0884. The summed E-state index contributed by atoms with van der Waals surface area (Å²) in [7, 11) is 1.92. The molecule has 0 saturated heterocycles. The zero-order valence-corrected chi connectivity index (χ0v) is 12.9. The number of amides is 1. The Morgan fingerprint density at radius 2 is 2.24 bits per heavy atom. The Hall–Kier alpha value is -1.79. The minimum absolute atomic E-state index is 0.0884. The molecular formula is C18H24N2O. The Balaban J connectivity index is 2.11. The quantitative estimate of drug-likeness (QED) is 0.849. The van der Waals surface area contributed by atoms with Gasteiger partial charge in [0.15, 0.2) is 0 Å². The zero-order chi connectivity index (χ0) is 15.2. The standard InChI is InChI=1S/C18H24N2O/c1-14-6-3-10-17(12-14)20(2)18(21)16-9-4-7-15(13-16)8-5-11-19/h4,7,9,13-14,17H,3,6,10-12,19H2,1-2H3. The zero-order valence-electron chi connectivity index (χ0n) is 12.9. The van der Waals surface area contributed by atoms with Crippen molar-refractivity contribution in [2.75, 3.05) is 13.6 Å². The Morgan fingerprint density at radius 3 is 2.95 bits per heavy atom. The maximum Gasteiger partial charge on any atom is 0.253 e. The lowest BCUT2D eigenvalue weighted by Gasteiger charge is -2.34. The van der Waals surface area contributed by atoms with Crippen molar-refractivity contribution in [1.82, 2.24) is 4.90 Å². The van der Waals surface area contributed by atoms with Gasteiger partial charge >= 0.3 is 0 Å². The van der Waals surface area contributed by atoms with Crippen LogP contribution in [0.15, 0.2) is 24.3 Å². The van der Waals surface area contributed by atoms with Gasteiger partial charge in [0.05, 0.1) is 6.54 Å². The van der Waals surface area contributed by atoms with Gasteiger partial charge in [-0.05, 0) is 37.0 Å². The van der Waals surface area contributed by atoms with Crippen molar-refractivity contribution in [3.63, 3.8) is 0 Å². The first-order valence-corrected chi connectivity index (χ1v) is 7.68. The van der Waals surface area contributed by atoms with Crippen molar-refractivity contribution >= 4 is 5.91 Å². The van der Waals surface area contributed by atoms with Gasteiger partial charge in [-0.15, -0.1) is 0 Å². The molecule has 1 aromatic carbocycles. The summed E-state index contributed by atoms with van der Waals surface area (Å²) in [6.07, 6.45) is 4.71. The molecular weight excluding hydrogens is 260 g/mol. The third-order valence-corrected chi connectivity index (χ3v) is 4.22. The lowest BCUT2D eigenvalue weighted by atomic mass is 9.86. The average Bonchev–Trinajstić information content (AvgIpc) is 2.51. The summed E-state index contributed by atoms with van der Waals surface area (Å²) >= 11 is 0. The summed E-state index contributed by atoms with van der Waals surface area (Å²) in [6.45, 7) is 2.60. The van der Waals surface area contributed by atoms with Crippen molar-refractivity contribution in [3.8, 4) is 11.8 Å². The Bertz CT molecular complexity index is 556. The second-order valence-corrected chi connectivity index (χ2v) is 5.93. The predicted octanol–water partition coefficient (Wildman–Crippen LogP) is 2.65. The number of carbonyl (C=O) groups is 1. The van der Waals surface area contributed by atoms with E-state index in [0.717, 1.165) is 18.4 Å². The molecule has 1 amide bonds. The van der Waals surface area contributed by atoms with Crippen LogP contribution in [0.5, 0.6) is 0 Å². The number of nitrogens with zero attached hydrogens (tertiary/aromatic N) is 1. The number of carbonyl (C=O) groups excluding carboxylic acids is 1.